The maximum atomic E-state index is 13.4. The van der Waals surface area contributed by atoms with Crippen LogP contribution in [0.5, 0.6) is 5.75 Å². The summed E-state index contributed by atoms with van der Waals surface area (Å²) >= 11 is 0. The van der Waals surface area contributed by atoms with E-state index in [-0.39, 0.29) is 17.7 Å². The van der Waals surface area contributed by atoms with Crippen molar-refractivity contribution in [1.82, 2.24) is 9.97 Å². The zero-order valence-corrected chi connectivity index (χ0v) is 16.5. The SMILES string of the molecule is CC(C)Oc1ccc(Nc2nc(Nc3ccc([N+](=O)[O-])cc3)ncc2C(F)(F)F)cc1. The minimum Gasteiger partial charge on any atom is -0.491 e. The van der Waals surface area contributed by atoms with E-state index in [0.29, 0.717) is 23.3 Å². The van der Waals surface area contributed by atoms with Crippen molar-refractivity contribution >= 4 is 28.8 Å². The lowest BCUT2D eigenvalue weighted by Crippen LogP contribution is -2.12. The topological polar surface area (TPSA) is 102 Å². The van der Waals surface area contributed by atoms with Gasteiger partial charge in [0, 0.05) is 29.7 Å². The second-order valence-electron chi connectivity index (χ2n) is 6.70. The molecule has 0 aliphatic carbocycles. The van der Waals surface area contributed by atoms with Gasteiger partial charge in [-0.25, -0.2) is 4.98 Å². The number of anilines is 4. The summed E-state index contributed by atoms with van der Waals surface area (Å²) in [5.74, 6) is 0.0355. The molecule has 0 bridgehead atoms. The normalized spacial score (nSPS) is 11.3. The third kappa shape index (κ3) is 5.81. The van der Waals surface area contributed by atoms with Crippen LogP contribution in [0.15, 0.2) is 54.7 Å². The molecule has 1 heterocycles. The van der Waals surface area contributed by atoms with Crippen LogP contribution in [0.25, 0.3) is 0 Å². The first-order chi connectivity index (χ1) is 14.6. The van der Waals surface area contributed by atoms with Crippen LogP contribution in [0.1, 0.15) is 19.4 Å². The molecule has 0 unspecified atom stereocenters. The van der Waals surface area contributed by atoms with Crippen molar-refractivity contribution in [2.24, 2.45) is 0 Å². The number of hydrogen-bond acceptors (Lipinski definition) is 7. The van der Waals surface area contributed by atoms with Crippen molar-refractivity contribution in [3.8, 4) is 5.75 Å². The van der Waals surface area contributed by atoms with Crippen molar-refractivity contribution in [2.45, 2.75) is 26.1 Å². The van der Waals surface area contributed by atoms with E-state index >= 15 is 0 Å². The Balaban J connectivity index is 1.85. The van der Waals surface area contributed by atoms with Crippen LogP contribution < -0.4 is 15.4 Å². The van der Waals surface area contributed by atoms with Gasteiger partial charge in [-0.1, -0.05) is 0 Å². The Hall–Kier alpha value is -3.89. The molecular formula is C20H18F3N5O3. The van der Waals surface area contributed by atoms with Crippen LogP contribution in [0.3, 0.4) is 0 Å². The number of nitrogens with one attached hydrogen (secondary N) is 2. The van der Waals surface area contributed by atoms with Crippen LogP contribution in [0.4, 0.5) is 42.0 Å². The number of benzene rings is 2. The van der Waals surface area contributed by atoms with Gasteiger partial charge in [-0.05, 0) is 50.2 Å². The molecule has 0 saturated heterocycles. The predicted octanol–water partition coefficient (Wildman–Crippen LogP) is 5.68. The molecule has 0 atom stereocenters. The van der Waals surface area contributed by atoms with E-state index in [2.05, 4.69) is 20.6 Å². The Bertz CT molecular complexity index is 1060. The quantitative estimate of drug-likeness (QED) is 0.365. The second kappa shape index (κ2) is 8.86. The fraction of sp³-hybridized carbons (Fsp3) is 0.200. The van der Waals surface area contributed by atoms with E-state index < -0.39 is 22.5 Å². The number of rotatable bonds is 7. The number of ether oxygens (including phenoxy) is 1. The van der Waals surface area contributed by atoms with Crippen LogP contribution >= 0.6 is 0 Å². The summed E-state index contributed by atoms with van der Waals surface area (Å²) in [4.78, 5) is 17.8. The van der Waals surface area contributed by atoms with Crippen molar-refractivity contribution < 1.29 is 22.8 Å². The van der Waals surface area contributed by atoms with Gasteiger partial charge in [0.05, 0.1) is 11.0 Å². The maximum absolute atomic E-state index is 13.4. The van der Waals surface area contributed by atoms with Crippen LogP contribution in [0, 0.1) is 10.1 Å². The van der Waals surface area contributed by atoms with Gasteiger partial charge >= 0.3 is 6.18 Å². The Morgan fingerprint density at radius 3 is 2.13 bits per heavy atom. The summed E-state index contributed by atoms with van der Waals surface area (Å²) in [5, 5.41) is 16.1. The molecule has 0 radical (unpaired) electrons. The van der Waals surface area contributed by atoms with Crippen molar-refractivity contribution in [1.29, 1.82) is 0 Å². The predicted molar refractivity (Wildman–Crippen MR) is 109 cm³/mol. The molecule has 0 spiro atoms. The molecular weight excluding hydrogens is 415 g/mol. The fourth-order valence-corrected chi connectivity index (χ4v) is 2.57. The average Bonchev–Trinajstić information content (AvgIpc) is 2.69. The van der Waals surface area contributed by atoms with Crippen molar-refractivity contribution in [3.05, 3.63) is 70.4 Å². The van der Waals surface area contributed by atoms with Crippen LogP contribution in [-0.2, 0) is 6.18 Å². The molecule has 11 heteroatoms. The van der Waals surface area contributed by atoms with E-state index in [1.54, 1.807) is 24.3 Å². The van der Waals surface area contributed by atoms with Crippen LogP contribution in [0.2, 0.25) is 0 Å². The van der Waals surface area contributed by atoms with Gasteiger partial charge in [-0.15, -0.1) is 0 Å². The number of alkyl halides is 3. The molecule has 0 aliphatic rings. The molecule has 3 rings (SSSR count). The van der Waals surface area contributed by atoms with Crippen LogP contribution in [-0.4, -0.2) is 21.0 Å². The van der Waals surface area contributed by atoms with E-state index in [1.165, 1.54) is 24.3 Å². The molecule has 162 valence electrons. The van der Waals surface area contributed by atoms with Gasteiger partial charge in [0.1, 0.15) is 17.1 Å². The van der Waals surface area contributed by atoms with E-state index in [0.717, 1.165) is 0 Å². The highest BCUT2D eigenvalue weighted by Gasteiger charge is 2.35. The number of hydrogen-bond donors (Lipinski definition) is 2. The monoisotopic (exact) mass is 433 g/mol. The third-order valence-corrected chi connectivity index (χ3v) is 3.92. The zero-order chi connectivity index (χ0) is 22.6. The summed E-state index contributed by atoms with van der Waals surface area (Å²) in [5.41, 5.74) is -0.400. The summed E-state index contributed by atoms with van der Waals surface area (Å²) in [6.07, 6.45) is -4.04. The zero-order valence-electron chi connectivity index (χ0n) is 16.5. The minimum atomic E-state index is -4.67. The summed E-state index contributed by atoms with van der Waals surface area (Å²) in [6, 6.07) is 11.7. The summed E-state index contributed by atoms with van der Waals surface area (Å²) in [6.45, 7) is 3.73. The molecule has 2 N–H and O–H groups in total. The molecule has 8 nitrogen and oxygen atoms in total. The van der Waals surface area contributed by atoms with Gasteiger partial charge in [0.25, 0.3) is 5.69 Å². The molecule has 0 saturated carbocycles. The van der Waals surface area contributed by atoms with E-state index in [1.807, 2.05) is 13.8 Å². The Morgan fingerprint density at radius 1 is 1.00 bits per heavy atom. The number of nitro groups is 1. The summed E-state index contributed by atoms with van der Waals surface area (Å²) in [7, 11) is 0. The van der Waals surface area contributed by atoms with Gasteiger partial charge in [-0.3, -0.25) is 10.1 Å². The number of nitrogens with zero attached hydrogens (tertiary/aromatic N) is 3. The Kier molecular flexibility index (Phi) is 6.23. The van der Waals surface area contributed by atoms with Gasteiger partial charge < -0.3 is 15.4 Å². The molecule has 0 amide bonds. The molecule has 31 heavy (non-hydrogen) atoms. The number of non-ortho nitro benzene ring substituents is 1. The maximum Gasteiger partial charge on any atom is 0.421 e. The molecule has 0 fully saturated rings. The molecule has 3 aromatic rings. The lowest BCUT2D eigenvalue weighted by Gasteiger charge is -2.15. The standard InChI is InChI=1S/C20H18F3N5O3/c1-12(2)31-16-9-5-13(6-10-16)25-18-17(20(21,22)23)11-24-19(27-18)26-14-3-7-15(8-4-14)28(29)30/h3-12H,1-2H3,(H2,24,25,26,27). The highest BCUT2D eigenvalue weighted by Crippen LogP contribution is 2.35. The first-order valence-corrected chi connectivity index (χ1v) is 9.11. The van der Waals surface area contributed by atoms with Gasteiger partial charge in [0.15, 0.2) is 0 Å². The van der Waals surface area contributed by atoms with Gasteiger partial charge in [-0.2, -0.15) is 18.2 Å². The molecule has 2 aromatic carbocycles. The van der Waals surface area contributed by atoms with Crippen molar-refractivity contribution in [3.63, 3.8) is 0 Å². The highest BCUT2D eigenvalue weighted by molar-refractivity contribution is 5.63. The largest absolute Gasteiger partial charge is 0.491 e. The van der Waals surface area contributed by atoms with E-state index in [4.69, 9.17) is 4.74 Å². The number of nitro benzene ring substituents is 1. The fourth-order valence-electron chi connectivity index (χ4n) is 2.57. The van der Waals surface area contributed by atoms with Crippen molar-refractivity contribution in [2.75, 3.05) is 10.6 Å². The first kappa shape index (κ1) is 21.8. The Morgan fingerprint density at radius 2 is 1.58 bits per heavy atom. The first-order valence-electron chi connectivity index (χ1n) is 9.11. The number of aromatic nitrogens is 2. The second-order valence-corrected chi connectivity index (χ2v) is 6.70. The van der Waals surface area contributed by atoms with Gasteiger partial charge in [0.2, 0.25) is 5.95 Å². The summed E-state index contributed by atoms with van der Waals surface area (Å²) < 4.78 is 45.8. The lowest BCUT2D eigenvalue weighted by atomic mass is 10.2. The third-order valence-electron chi connectivity index (χ3n) is 3.92. The van der Waals surface area contributed by atoms with E-state index in [9.17, 15) is 23.3 Å². The highest BCUT2D eigenvalue weighted by atomic mass is 19.4. The number of halogens is 3. The Labute approximate surface area is 175 Å². The smallest absolute Gasteiger partial charge is 0.421 e. The molecule has 1 aromatic heterocycles. The lowest BCUT2D eigenvalue weighted by molar-refractivity contribution is -0.384. The minimum absolute atomic E-state index is 0.0365. The molecule has 0 aliphatic heterocycles. The average molecular weight is 433 g/mol.